The van der Waals surface area contributed by atoms with Crippen LogP contribution in [0.1, 0.15) is 22.3 Å². The van der Waals surface area contributed by atoms with E-state index in [1.165, 1.54) is 0 Å². The molecule has 2 aromatic rings. The molecular formula is C16H16INO2. The summed E-state index contributed by atoms with van der Waals surface area (Å²) in [6, 6.07) is 14.8. The molecule has 0 aromatic heterocycles. The molecule has 0 atom stereocenters. The fourth-order valence-electron chi connectivity index (χ4n) is 1.74. The molecule has 0 saturated heterocycles. The van der Waals surface area contributed by atoms with Crippen molar-refractivity contribution in [1.29, 1.82) is 0 Å². The van der Waals surface area contributed by atoms with E-state index in [4.69, 9.17) is 10.5 Å². The van der Waals surface area contributed by atoms with Crippen LogP contribution in [0, 0.1) is 3.57 Å². The Morgan fingerprint density at radius 2 is 1.55 bits per heavy atom. The molecule has 0 amide bonds. The van der Waals surface area contributed by atoms with Crippen LogP contribution in [0.2, 0.25) is 0 Å². The quantitative estimate of drug-likeness (QED) is 0.475. The monoisotopic (exact) mass is 381 g/mol. The number of nitrogens with two attached hydrogens (primary N) is 1. The molecule has 3 nitrogen and oxygen atoms in total. The zero-order chi connectivity index (χ0) is 14.4. The number of carbonyl (C=O) groups excluding carboxylic acids is 1. The van der Waals surface area contributed by atoms with E-state index in [1.54, 1.807) is 12.1 Å². The maximum Gasteiger partial charge on any atom is 0.193 e. The smallest absolute Gasteiger partial charge is 0.193 e. The molecule has 0 unspecified atom stereocenters. The van der Waals surface area contributed by atoms with Gasteiger partial charge in [-0.15, -0.1) is 0 Å². The first-order chi connectivity index (χ1) is 9.70. The maximum absolute atomic E-state index is 12.3. The molecular weight excluding hydrogens is 365 g/mol. The average molecular weight is 381 g/mol. The van der Waals surface area contributed by atoms with Gasteiger partial charge in [0.25, 0.3) is 0 Å². The Kier molecular flexibility index (Phi) is 5.55. The Labute approximate surface area is 132 Å². The van der Waals surface area contributed by atoms with Crippen molar-refractivity contribution in [2.75, 3.05) is 13.2 Å². The molecule has 0 radical (unpaired) electrons. The Morgan fingerprint density at radius 3 is 2.10 bits per heavy atom. The van der Waals surface area contributed by atoms with Crippen LogP contribution in [0.3, 0.4) is 0 Å². The topological polar surface area (TPSA) is 52.3 Å². The lowest BCUT2D eigenvalue weighted by Crippen LogP contribution is -2.06. The summed E-state index contributed by atoms with van der Waals surface area (Å²) >= 11 is 2.22. The summed E-state index contributed by atoms with van der Waals surface area (Å²) < 4.78 is 6.62. The third kappa shape index (κ3) is 4.05. The van der Waals surface area contributed by atoms with E-state index in [9.17, 15) is 4.79 Å². The van der Waals surface area contributed by atoms with Gasteiger partial charge in [0.15, 0.2) is 5.78 Å². The highest BCUT2D eigenvalue weighted by Crippen LogP contribution is 2.16. The molecule has 0 aliphatic heterocycles. The Hall–Kier alpha value is -1.40. The summed E-state index contributed by atoms with van der Waals surface area (Å²) in [5.41, 5.74) is 6.77. The van der Waals surface area contributed by atoms with E-state index in [-0.39, 0.29) is 5.78 Å². The summed E-state index contributed by atoms with van der Waals surface area (Å²) in [5.74, 6) is 0.785. The Balaban J connectivity index is 2.05. The van der Waals surface area contributed by atoms with Gasteiger partial charge in [-0.1, -0.05) is 0 Å². The van der Waals surface area contributed by atoms with E-state index < -0.39 is 0 Å². The van der Waals surface area contributed by atoms with Crippen molar-refractivity contribution < 1.29 is 9.53 Å². The molecule has 0 bridgehead atoms. The van der Waals surface area contributed by atoms with Gasteiger partial charge in [0.05, 0.1) is 6.61 Å². The number of rotatable bonds is 6. The van der Waals surface area contributed by atoms with Crippen LogP contribution in [0.5, 0.6) is 5.75 Å². The van der Waals surface area contributed by atoms with Gasteiger partial charge in [-0.2, -0.15) is 0 Å². The summed E-state index contributed by atoms with van der Waals surface area (Å²) in [4.78, 5) is 12.3. The zero-order valence-electron chi connectivity index (χ0n) is 11.0. The molecule has 0 heterocycles. The van der Waals surface area contributed by atoms with Gasteiger partial charge in [0, 0.05) is 14.7 Å². The average Bonchev–Trinajstić information content (AvgIpc) is 2.48. The van der Waals surface area contributed by atoms with Crippen LogP contribution in [0.4, 0.5) is 0 Å². The van der Waals surface area contributed by atoms with Gasteiger partial charge in [0.2, 0.25) is 0 Å². The second kappa shape index (κ2) is 7.40. The molecule has 0 spiro atoms. The third-order valence-electron chi connectivity index (χ3n) is 2.84. The number of benzene rings is 2. The fourth-order valence-corrected chi connectivity index (χ4v) is 2.10. The molecule has 0 aliphatic rings. The molecule has 0 saturated carbocycles. The van der Waals surface area contributed by atoms with Gasteiger partial charge in [-0.3, -0.25) is 4.79 Å². The van der Waals surface area contributed by atoms with Crippen LogP contribution >= 0.6 is 22.6 Å². The van der Waals surface area contributed by atoms with Crippen LogP contribution < -0.4 is 10.5 Å². The molecule has 2 rings (SSSR count). The van der Waals surface area contributed by atoms with Crippen molar-refractivity contribution in [1.82, 2.24) is 0 Å². The van der Waals surface area contributed by atoms with Crippen molar-refractivity contribution in [3.05, 3.63) is 63.2 Å². The lowest BCUT2D eigenvalue weighted by Gasteiger charge is -2.06. The minimum Gasteiger partial charge on any atom is -0.494 e. The van der Waals surface area contributed by atoms with Crippen molar-refractivity contribution in [3.8, 4) is 5.75 Å². The normalized spacial score (nSPS) is 10.3. The van der Waals surface area contributed by atoms with Crippen molar-refractivity contribution >= 4 is 28.4 Å². The first kappa shape index (κ1) is 15.0. The number of carbonyl (C=O) groups is 1. The number of hydrogen-bond acceptors (Lipinski definition) is 3. The minimum atomic E-state index is 0.0231. The summed E-state index contributed by atoms with van der Waals surface area (Å²) in [6.45, 7) is 1.21. The first-order valence-corrected chi connectivity index (χ1v) is 7.52. The van der Waals surface area contributed by atoms with Gasteiger partial charge in [0.1, 0.15) is 5.75 Å². The second-order valence-corrected chi connectivity index (χ2v) is 5.60. The number of hydrogen-bond donors (Lipinski definition) is 1. The van der Waals surface area contributed by atoms with E-state index in [1.807, 2.05) is 36.4 Å². The van der Waals surface area contributed by atoms with Gasteiger partial charge in [-0.25, -0.2) is 0 Å². The van der Waals surface area contributed by atoms with Gasteiger partial charge >= 0.3 is 0 Å². The SMILES string of the molecule is NCCCOc1ccc(C(=O)c2ccc(I)cc2)cc1. The summed E-state index contributed by atoms with van der Waals surface area (Å²) in [5, 5.41) is 0. The molecule has 2 N–H and O–H groups in total. The van der Waals surface area contributed by atoms with E-state index in [2.05, 4.69) is 22.6 Å². The summed E-state index contributed by atoms with van der Waals surface area (Å²) in [6.07, 6.45) is 0.823. The lowest BCUT2D eigenvalue weighted by molar-refractivity contribution is 0.103. The molecule has 4 heteroatoms. The van der Waals surface area contributed by atoms with E-state index in [0.29, 0.717) is 24.3 Å². The molecule has 104 valence electrons. The second-order valence-electron chi connectivity index (χ2n) is 4.35. The highest BCUT2D eigenvalue weighted by molar-refractivity contribution is 14.1. The number of ketones is 1. The number of ether oxygens (including phenoxy) is 1. The van der Waals surface area contributed by atoms with E-state index >= 15 is 0 Å². The Bertz CT molecular complexity index is 564. The van der Waals surface area contributed by atoms with Crippen molar-refractivity contribution in [2.24, 2.45) is 5.73 Å². The number of halogens is 1. The van der Waals surface area contributed by atoms with Crippen molar-refractivity contribution in [2.45, 2.75) is 6.42 Å². The zero-order valence-corrected chi connectivity index (χ0v) is 13.2. The maximum atomic E-state index is 12.3. The lowest BCUT2D eigenvalue weighted by atomic mass is 10.0. The van der Waals surface area contributed by atoms with Gasteiger partial charge < -0.3 is 10.5 Å². The molecule has 0 fully saturated rings. The standard InChI is InChI=1S/C16H16INO2/c17-14-6-2-12(3-7-14)16(19)13-4-8-15(9-5-13)20-11-1-10-18/h2-9H,1,10-11,18H2. The summed E-state index contributed by atoms with van der Waals surface area (Å²) in [7, 11) is 0. The molecule has 2 aromatic carbocycles. The predicted molar refractivity (Wildman–Crippen MR) is 88.2 cm³/mol. The first-order valence-electron chi connectivity index (χ1n) is 6.44. The van der Waals surface area contributed by atoms with Crippen LogP contribution in [-0.4, -0.2) is 18.9 Å². The predicted octanol–water partition coefficient (Wildman–Crippen LogP) is 3.25. The van der Waals surface area contributed by atoms with Crippen LogP contribution in [-0.2, 0) is 0 Å². The van der Waals surface area contributed by atoms with Crippen LogP contribution in [0.25, 0.3) is 0 Å². The molecule has 20 heavy (non-hydrogen) atoms. The Morgan fingerprint density at radius 1 is 1.00 bits per heavy atom. The van der Waals surface area contributed by atoms with E-state index in [0.717, 1.165) is 15.7 Å². The van der Waals surface area contributed by atoms with Crippen LogP contribution in [0.15, 0.2) is 48.5 Å². The minimum absolute atomic E-state index is 0.0231. The third-order valence-corrected chi connectivity index (χ3v) is 3.56. The largest absolute Gasteiger partial charge is 0.494 e. The molecule has 0 aliphatic carbocycles. The highest BCUT2D eigenvalue weighted by Gasteiger charge is 2.08. The van der Waals surface area contributed by atoms with Gasteiger partial charge in [-0.05, 0) is 84.1 Å². The highest BCUT2D eigenvalue weighted by atomic mass is 127. The van der Waals surface area contributed by atoms with Crippen molar-refractivity contribution in [3.63, 3.8) is 0 Å². The fraction of sp³-hybridized carbons (Fsp3) is 0.188.